The van der Waals surface area contributed by atoms with Crippen LogP contribution in [0.25, 0.3) is 0 Å². The highest BCUT2D eigenvalue weighted by atomic mass is 32.2. The van der Waals surface area contributed by atoms with Crippen LogP contribution < -0.4 is 4.90 Å². The highest BCUT2D eigenvalue weighted by molar-refractivity contribution is 7.90. The molecule has 1 atom stereocenters. The largest absolute Gasteiger partial charge is 0.381 e. The van der Waals surface area contributed by atoms with Gasteiger partial charge in [0.15, 0.2) is 9.84 Å². The first-order chi connectivity index (χ1) is 10.8. The molecule has 1 aliphatic rings. The second kappa shape index (κ2) is 7.27. The van der Waals surface area contributed by atoms with Crippen LogP contribution in [0.1, 0.15) is 19.8 Å². The number of nitro groups is 1. The van der Waals surface area contributed by atoms with Crippen molar-refractivity contribution in [3.8, 4) is 0 Å². The number of rotatable bonds is 6. The molecule has 0 aromatic heterocycles. The molecule has 1 aliphatic heterocycles. The highest BCUT2D eigenvalue weighted by Gasteiger charge is 2.27. The summed E-state index contributed by atoms with van der Waals surface area (Å²) in [6.07, 6.45) is 3.01. The molecular formula is C15H22N2O5S. The molecule has 1 saturated heterocycles. The minimum Gasteiger partial charge on any atom is -0.381 e. The van der Waals surface area contributed by atoms with Crippen LogP contribution >= 0.6 is 0 Å². The van der Waals surface area contributed by atoms with Crippen LogP contribution in [0.5, 0.6) is 0 Å². The fourth-order valence-corrected chi connectivity index (χ4v) is 3.49. The molecule has 7 nitrogen and oxygen atoms in total. The van der Waals surface area contributed by atoms with Gasteiger partial charge in [0.1, 0.15) is 5.69 Å². The summed E-state index contributed by atoms with van der Waals surface area (Å²) in [6.45, 7) is 4.64. The zero-order valence-corrected chi connectivity index (χ0v) is 14.2. The molecule has 0 aliphatic carbocycles. The number of anilines is 1. The highest BCUT2D eigenvalue weighted by Crippen LogP contribution is 2.33. The Kier molecular flexibility index (Phi) is 5.59. The van der Waals surface area contributed by atoms with Gasteiger partial charge in [-0.1, -0.05) is 0 Å². The minimum atomic E-state index is -3.47. The molecule has 0 N–H and O–H groups in total. The molecular weight excluding hydrogens is 320 g/mol. The van der Waals surface area contributed by atoms with Crippen molar-refractivity contribution in [2.45, 2.75) is 24.7 Å². The molecule has 1 aromatic rings. The maximum absolute atomic E-state index is 11.6. The second-order valence-corrected chi connectivity index (χ2v) is 7.81. The van der Waals surface area contributed by atoms with Crippen molar-refractivity contribution in [3.05, 3.63) is 28.3 Å². The van der Waals surface area contributed by atoms with Crippen molar-refractivity contribution >= 4 is 21.2 Å². The molecule has 1 unspecified atom stereocenters. The van der Waals surface area contributed by atoms with Crippen molar-refractivity contribution < 1.29 is 18.1 Å². The summed E-state index contributed by atoms with van der Waals surface area (Å²) in [5.41, 5.74) is 0.314. The summed E-state index contributed by atoms with van der Waals surface area (Å²) >= 11 is 0. The Hall–Kier alpha value is -1.67. The van der Waals surface area contributed by atoms with Gasteiger partial charge < -0.3 is 9.64 Å². The van der Waals surface area contributed by atoms with Crippen LogP contribution in [-0.2, 0) is 14.6 Å². The SMILES string of the molecule is CCOCC1CCCN(c2ccc(S(C)(=O)=O)cc2[N+](=O)[O-])C1. The minimum absolute atomic E-state index is 0.0316. The van der Waals surface area contributed by atoms with Crippen molar-refractivity contribution in [1.29, 1.82) is 0 Å². The number of ether oxygens (including phenoxy) is 1. The van der Waals surface area contributed by atoms with E-state index in [0.29, 0.717) is 31.4 Å². The average Bonchev–Trinajstić information content (AvgIpc) is 2.51. The Bertz CT molecular complexity index is 674. The van der Waals surface area contributed by atoms with Gasteiger partial charge in [-0.3, -0.25) is 10.1 Å². The Labute approximate surface area is 136 Å². The summed E-state index contributed by atoms with van der Waals surface area (Å²) in [4.78, 5) is 12.8. The number of benzene rings is 1. The Balaban J connectivity index is 2.29. The van der Waals surface area contributed by atoms with Crippen molar-refractivity contribution in [1.82, 2.24) is 0 Å². The molecule has 8 heteroatoms. The smallest absolute Gasteiger partial charge is 0.293 e. The molecule has 128 valence electrons. The number of nitro benzene ring substituents is 1. The summed E-state index contributed by atoms with van der Waals surface area (Å²) < 4.78 is 28.7. The van der Waals surface area contributed by atoms with E-state index in [2.05, 4.69) is 0 Å². The third-order valence-electron chi connectivity index (χ3n) is 3.99. The zero-order chi connectivity index (χ0) is 17.0. The van der Waals surface area contributed by atoms with Crippen LogP contribution in [-0.4, -0.2) is 45.9 Å². The number of hydrogen-bond acceptors (Lipinski definition) is 6. The van der Waals surface area contributed by atoms with Gasteiger partial charge in [0.25, 0.3) is 5.69 Å². The second-order valence-electron chi connectivity index (χ2n) is 5.79. The van der Waals surface area contributed by atoms with Gasteiger partial charge in [-0.05, 0) is 37.8 Å². The summed E-state index contributed by atoms with van der Waals surface area (Å²) in [5, 5.41) is 11.4. The Morgan fingerprint density at radius 3 is 2.78 bits per heavy atom. The first-order valence-electron chi connectivity index (χ1n) is 7.64. The van der Waals surface area contributed by atoms with Crippen LogP contribution in [0.3, 0.4) is 0 Å². The van der Waals surface area contributed by atoms with Crippen molar-refractivity contribution in [3.63, 3.8) is 0 Å². The molecule has 0 amide bonds. The third-order valence-corrected chi connectivity index (χ3v) is 5.10. The van der Waals surface area contributed by atoms with Gasteiger partial charge in [-0.15, -0.1) is 0 Å². The number of hydrogen-bond donors (Lipinski definition) is 0. The van der Waals surface area contributed by atoms with E-state index < -0.39 is 14.8 Å². The molecule has 23 heavy (non-hydrogen) atoms. The quantitative estimate of drug-likeness (QED) is 0.582. The van der Waals surface area contributed by atoms with Crippen LogP contribution in [0.15, 0.2) is 23.1 Å². The normalized spacial score (nSPS) is 18.9. The molecule has 1 heterocycles. The lowest BCUT2D eigenvalue weighted by atomic mass is 9.98. The summed E-state index contributed by atoms with van der Waals surface area (Å²) in [7, 11) is -3.47. The van der Waals surface area contributed by atoms with E-state index in [1.54, 1.807) is 0 Å². The fraction of sp³-hybridized carbons (Fsp3) is 0.600. The Morgan fingerprint density at radius 2 is 2.17 bits per heavy atom. The van der Waals surface area contributed by atoms with E-state index in [0.717, 1.165) is 31.7 Å². The molecule has 0 saturated carbocycles. The van der Waals surface area contributed by atoms with E-state index >= 15 is 0 Å². The molecule has 0 bridgehead atoms. The molecule has 1 aromatic carbocycles. The number of sulfone groups is 1. The van der Waals surface area contributed by atoms with E-state index in [9.17, 15) is 18.5 Å². The first kappa shape index (κ1) is 17.7. The third kappa shape index (κ3) is 4.42. The Morgan fingerprint density at radius 1 is 1.43 bits per heavy atom. The lowest BCUT2D eigenvalue weighted by Gasteiger charge is -2.34. The lowest BCUT2D eigenvalue weighted by Crippen LogP contribution is -2.37. The predicted molar refractivity (Wildman–Crippen MR) is 87.6 cm³/mol. The van der Waals surface area contributed by atoms with Crippen LogP contribution in [0, 0.1) is 16.0 Å². The maximum atomic E-state index is 11.6. The fourth-order valence-electron chi connectivity index (χ4n) is 2.85. The summed E-state index contributed by atoms with van der Waals surface area (Å²) in [5.74, 6) is 0.331. The van der Waals surface area contributed by atoms with Gasteiger partial charge >= 0.3 is 0 Å². The van der Waals surface area contributed by atoms with Crippen LogP contribution in [0.2, 0.25) is 0 Å². The topological polar surface area (TPSA) is 89.8 Å². The van der Waals surface area contributed by atoms with E-state index in [1.165, 1.54) is 12.1 Å². The number of piperidine rings is 1. The predicted octanol–water partition coefficient (Wildman–Crippen LogP) is 2.25. The molecule has 0 radical (unpaired) electrons. The van der Waals surface area contributed by atoms with Gasteiger partial charge in [-0.25, -0.2) is 8.42 Å². The zero-order valence-electron chi connectivity index (χ0n) is 13.4. The van der Waals surface area contributed by atoms with E-state index in [4.69, 9.17) is 4.74 Å². The monoisotopic (exact) mass is 342 g/mol. The van der Waals surface area contributed by atoms with Gasteiger partial charge in [0.05, 0.1) is 16.4 Å². The molecule has 1 fully saturated rings. The van der Waals surface area contributed by atoms with Crippen LogP contribution in [0.4, 0.5) is 11.4 Å². The summed E-state index contributed by atoms with van der Waals surface area (Å²) in [6, 6.07) is 4.12. The van der Waals surface area contributed by atoms with Gasteiger partial charge in [0.2, 0.25) is 0 Å². The average molecular weight is 342 g/mol. The molecule has 2 rings (SSSR count). The first-order valence-corrected chi connectivity index (χ1v) is 9.53. The number of nitrogens with zero attached hydrogens (tertiary/aromatic N) is 2. The van der Waals surface area contributed by atoms with Gasteiger partial charge in [-0.2, -0.15) is 0 Å². The van der Waals surface area contributed by atoms with Crippen molar-refractivity contribution in [2.75, 3.05) is 37.5 Å². The molecule has 0 spiro atoms. The lowest BCUT2D eigenvalue weighted by molar-refractivity contribution is -0.384. The van der Waals surface area contributed by atoms with E-state index in [1.807, 2.05) is 11.8 Å². The van der Waals surface area contributed by atoms with Crippen molar-refractivity contribution in [2.24, 2.45) is 5.92 Å². The maximum Gasteiger partial charge on any atom is 0.293 e. The van der Waals surface area contributed by atoms with Gasteiger partial charge in [0, 0.05) is 32.0 Å². The van der Waals surface area contributed by atoms with E-state index in [-0.39, 0.29) is 10.6 Å². The standard InChI is InChI=1S/C15H22N2O5S/c1-3-22-11-12-5-4-8-16(10-12)14-7-6-13(23(2,20)21)9-15(14)17(18)19/h6-7,9,12H,3-5,8,10-11H2,1-2H3.